The van der Waals surface area contributed by atoms with Crippen molar-refractivity contribution in [2.24, 2.45) is 10.9 Å². The molecule has 1 aromatic carbocycles. The third kappa shape index (κ3) is 4.55. The van der Waals surface area contributed by atoms with Gasteiger partial charge < -0.3 is 20.9 Å². The molecule has 0 aliphatic heterocycles. The molecule has 1 aromatic rings. The van der Waals surface area contributed by atoms with Gasteiger partial charge in [-0.25, -0.2) is 4.39 Å². The summed E-state index contributed by atoms with van der Waals surface area (Å²) in [7, 11) is 1.69. The van der Waals surface area contributed by atoms with Crippen LogP contribution in [0.25, 0.3) is 0 Å². The molecule has 0 spiro atoms. The summed E-state index contributed by atoms with van der Waals surface area (Å²) in [5.41, 5.74) is 6.19. The summed E-state index contributed by atoms with van der Waals surface area (Å²) >= 11 is 0. The Balaban J connectivity index is 2.79. The zero-order valence-corrected chi connectivity index (χ0v) is 10.5. The molecule has 0 amide bonds. The molecular weight excluding hydrogens is 253 g/mol. The maximum absolute atomic E-state index is 13.6. The van der Waals surface area contributed by atoms with Gasteiger partial charge in [0.2, 0.25) is 0 Å². The topological polar surface area (TPSA) is 99.2 Å². The van der Waals surface area contributed by atoms with Crippen LogP contribution in [0.4, 0.5) is 4.39 Å². The minimum absolute atomic E-state index is 0.0158. The molecule has 0 saturated carbocycles. The molecular formula is C12H16FN3O3. The second-order valence-electron chi connectivity index (χ2n) is 4.17. The Bertz CT molecular complexity index is 491. The molecule has 0 aromatic heterocycles. The average molecular weight is 269 g/mol. The van der Waals surface area contributed by atoms with Crippen molar-refractivity contribution in [1.29, 1.82) is 0 Å². The van der Waals surface area contributed by atoms with Crippen LogP contribution < -0.4 is 5.73 Å². The minimum Gasteiger partial charge on any atom is -0.481 e. The number of halogens is 1. The van der Waals surface area contributed by atoms with Crippen LogP contribution in [0.15, 0.2) is 23.4 Å². The van der Waals surface area contributed by atoms with Crippen molar-refractivity contribution >= 4 is 11.8 Å². The number of carboxylic acids is 1. The summed E-state index contributed by atoms with van der Waals surface area (Å²) in [4.78, 5) is 12.1. The van der Waals surface area contributed by atoms with Gasteiger partial charge in [-0.15, -0.1) is 0 Å². The summed E-state index contributed by atoms with van der Waals surface area (Å²) in [6, 6.07) is 4.11. The van der Waals surface area contributed by atoms with E-state index in [2.05, 4.69) is 5.16 Å². The van der Waals surface area contributed by atoms with Gasteiger partial charge >= 0.3 is 5.97 Å². The van der Waals surface area contributed by atoms with Crippen LogP contribution >= 0.6 is 0 Å². The number of benzene rings is 1. The van der Waals surface area contributed by atoms with Crippen molar-refractivity contribution in [3.05, 3.63) is 35.1 Å². The van der Waals surface area contributed by atoms with E-state index in [9.17, 15) is 9.18 Å². The van der Waals surface area contributed by atoms with Crippen molar-refractivity contribution in [3.8, 4) is 0 Å². The summed E-state index contributed by atoms with van der Waals surface area (Å²) in [6.07, 6.45) is -0.0158. The van der Waals surface area contributed by atoms with E-state index in [1.165, 1.54) is 18.2 Å². The summed E-state index contributed by atoms with van der Waals surface area (Å²) in [5, 5.41) is 20.0. The van der Waals surface area contributed by atoms with Gasteiger partial charge in [0.25, 0.3) is 0 Å². The Kier molecular flexibility index (Phi) is 5.25. The van der Waals surface area contributed by atoms with Crippen LogP contribution in [0.2, 0.25) is 0 Å². The van der Waals surface area contributed by atoms with Crippen LogP contribution in [0.1, 0.15) is 17.5 Å². The van der Waals surface area contributed by atoms with Gasteiger partial charge in [0, 0.05) is 24.2 Å². The lowest BCUT2D eigenvalue weighted by atomic mass is 10.1. The first-order valence-corrected chi connectivity index (χ1v) is 5.60. The van der Waals surface area contributed by atoms with Crippen LogP contribution in [-0.4, -0.2) is 40.6 Å². The monoisotopic (exact) mass is 269 g/mol. The zero-order valence-electron chi connectivity index (χ0n) is 10.5. The zero-order chi connectivity index (χ0) is 14.4. The van der Waals surface area contributed by atoms with Crippen LogP contribution in [0.5, 0.6) is 0 Å². The van der Waals surface area contributed by atoms with Crippen molar-refractivity contribution in [2.75, 3.05) is 13.6 Å². The van der Waals surface area contributed by atoms with E-state index in [4.69, 9.17) is 16.0 Å². The minimum atomic E-state index is -0.905. The summed E-state index contributed by atoms with van der Waals surface area (Å²) in [6.45, 7) is 0.550. The van der Waals surface area contributed by atoms with Gasteiger partial charge in [0.05, 0.1) is 6.42 Å². The van der Waals surface area contributed by atoms with Crippen LogP contribution in [-0.2, 0) is 11.3 Å². The second-order valence-corrected chi connectivity index (χ2v) is 4.17. The molecule has 0 unspecified atom stereocenters. The van der Waals surface area contributed by atoms with E-state index >= 15 is 0 Å². The third-order valence-electron chi connectivity index (χ3n) is 2.60. The molecule has 0 saturated heterocycles. The molecule has 0 heterocycles. The molecule has 4 N–H and O–H groups in total. The Morgan fingerprint density at radius 2 is 2.21 bits per heavy atom. The van der Waals surface area contributed by atoms with Crippen molar-refractivity contribution in [1.82, 2.24) is 4.90 Å². The molecule has 0 bridgehead atoms. The number of amidine groups is 1. The highest BCUT2D eigenvalue weighted by Crippen LogP contribution is 2.13. The van der Waals surface area contributed by atoms with Crippen LogP contribution in [0, 0.1) is 5.82 Å². The molecule has 19 heavy (non-hydrogen) atoms. The highest BCUT2D eigenvalue weighted by molar-refractivity contribution is 5.97. The predicted octanol–water partition coefficient (Wildman–Crippen LogP) is 0.827. The van der Waals surface area contributed by atoms with E-state index in [1.807, 2.05) is 0 Å². The van der Waals surface area contributed by atoms with Gasteiger partial charge in [-0.1, -0.05) is 5.16 Å². The maximum atomic E-state index is 13.6. The molecule has 0 fully saturated rings. The average Bonchev–Trinajstić information content (AvgIpc) is 2.38. The van der Waals surface area contributed by atoms with Crippen molar-refractivity contribution < 1.29 is 19.5 Å². The summed E-state index contributed by atoms with van der Waals surface area (Å²) < 4.78 is 13.6. The number of hydrogen-bond acceptors (Lipinski definition) is 4. The number of carbonyl (C=O) groups is 1. The van der Waals surface area contributed by atoms with Crippen LogP contribution in [0.3, 0.4) is 0 Å². The molecule has 104 valence electrons. The molecule has 7 heteroatoms. The fourth-order valence-corrected chi connectivity index (χ4v) is 1.57. The molecule has 0 aliphatic rings. The molecule has 1 rings (SSSR count). The normalized spacial score (nSPS) is 11.8. The molecule has 0 atom stereocenters. The standard InChI is InChI=1S/C12H16FN3O3/c1-16(5-4-11(17)18)7-9-6-8(12(14)15-19)2-3-10(9)13/h2-3,6,19H,4-5,7H2,1H3,(H2,14,15)(H,17,18). The fraction of sp³-hybridized carbons (Fsp3) is 0.333. The number of rotatable bonds is 6. The number of hydrogen-bond donors (Lipinski definition) is 3. The first-order chi connectivity index (χ1) is 8.93. The number of oxime groups is 1. The van der Waals surface area contributed by atoms with Crippen molar-refractivity contribution in [3.63, 3.8) is 0 Å². The van der Waals surface area contributed by atoms with Gasteiger partial charge in [-0.05, 0) is 25.2 Å². The van der Waals surface area contributed by atoms with Gasteiger partial charge in [-0.3, -0.25) is 4.79 Å². The predicted molar refractivity (Wildman–Crippen MR) is 67.5 cm³/mol. The lowest BCUT2D eigenvalue weighted by molar-refractivity contribution is -0.137. The Morgan fingerprint density at radius 1 is 1.53 bits per heavy atom. The quantitative estimate of drug-likeness (QED) is 0.307. The van der Waals surface area contributed by atoms with Crippen molar-refractivity contribution in [2.45, 2.75) is 13.0 Å². The highest BCUT2D eigenvalue weighted by Gasteiger charge is 2.10. The first-order valence-electron chi connectivity index (χ1n) is 5.60. The van der Waals surface area contributed by atoms with Gasteiger partial charge in [-0.2, -0.15) is 0 Å². The molecule has 0 aliphatic carbocycles. The van der Waals surface area contributed by atoms with Gasteiger partial charge in [0.1, 0.15) is 5.82 Å². The number of aliphatic carboxylic acids is 1. The van der Waals surface area contributed by atoms with E-state index in [1.54, 1.807) is 11.9 Å². The highest BCUT2D eigenvalue weighted by atomic mass is 19.1. The lowest BCUT2D eigenvalue weighted by Gasteiger charge is -2.16. The number of nitrogens with two attached hydrogens (primary N) is 1. The van der Waals surface area contributed by atoms with E-state index < -0.39 is 11.8 Å². The third-order valence-corrected chi connectivity index (χ3v) is 2.60. The molecule has 6 nitrogen and oxygen atoms in total. The Labute approximate surface area is 109 Å². The number of carboxylic acid groups (broad SMARTS) is 1. The van der Waals surface area contributed by atoms with E-state index in [-0.39, 0.29) is 18.8 Å². The Morgan fingerprint density at radius 3 is 2.79 bits per heavy atom. The van der Waals surface area contributed by atoms with Gasteiger partial charge in [0.15, 0.2) is 5.84 Å². The second kappa shape index (κ2) is 6.69. The number of nitrogens with zero attached hydrogens (tertiary/aromatic N) is 2. The summed E-state index contributed by atoms with van der Waals surface area (Å²) in [5.74, 6) is -1.43. The molecule has 0 radical (unpaired) electrons. The Hall–Kier alpha value is -2.15. The van der Waals surface area contributed by atoms with E-state index in [0.29, 0.717) is 17.7 Å². The lowest BCUT2D eigenvalue weighted by Crippen LogP contribution is -2.22. The smallest absolute Gasteiger partial charge is 0.304 e. The maximum Gasteiger partial charge on any atom is 0.304 e. The largest absolute Gasteiger partial charge is 0.481 e. The SMILES string of the molecule is CN(CCC(=O)O)Cc1cc(C(N)=NO)ccc1F. The fourth-order valence-electron chi connectivity index (χ4n) is 1.57. The first kappa shape index (κ1) is 14.9. The van der Waals surface area contributed by atoms with E-state index in [0.717, 1.165) is 0 Å².